The Kier molecular flexibility index (Phi) is 4.15. The van der Waals surface area contributed by atoms with Gasteiger partial charge in [0.1, 0.15) is 0 Å². The van der Waals surface area contributed by atoms with Crippen LogP contribution in [0.25, 0.3) is 0 Å². The van der Waals surface area contributed by atoms with Crippen LogP contribution in [0.5, 0.6) is 0 Å². The van der Waals surface area contributed by atoms with Gasteiger partial charge in [0.2, 0.25) is 0 Å². The monoisotopic (exact) mass is 285 g/mol. The van der Waals surface area contributed by atoms with Crippen LogP contribution < -0.4 is 0 Å². The quantitative estimate of drug-likeness (QED) is 0.652. The van der Waals surface area contributed by atoms with Gasteiger partial charge in [-0.25, -0.2) is 0 Å². The van der Waals surface area contributed by atoms with Gasteiger partial charge in [-0.05, 0) is 24.5 Å². The van der Waals surface area contributed by atoms with Crippen molar-refractivity contribution in [3.05, 3.63) is 107 Å². The summed E-state index contributed by atoms with van der Waals surface area (Å²) in [5, 5.41) is 8.55. The van der Waals surface area contributed by atoms with Crippen molar-refractivity contribution in [1.82, 2.24) is 0 Å². The van der Waals surface area contributed by atoms with Gasteiger partial charge in [0, 0.05) is 11.1 Å². The number of aryl methyl sites for hydroxylation is 1. The van der Waals surface area contributed by atoms with Crippen LogP contribution in [0.4, 0.5) is 0 Å². The molecule has 0 fully saturated rings. The molecule has 0 saturated carbocycles. The number of hydrogen-bond donors (Lipinski definition) is 1. The molecule has 0 amide bonds. The van der Waals surface area contributed by atoms with Crippen LogP contribution in [-0.2, 0) is 6.42 Å². The highest BCUT2D eigenvalue weighted by Crippen LogP contribution is 2.18. The van der Waals surface area contributed by atoms with Crippen LogP contribution in [0.1, 0.15) is 27.8 Å². The summed E-state index contributed by atoms with van der Waals surface area (Å²) in [7, 11) is 0. The fourth-order valence-electron chi connectivity index (χ4n) is 2.61. The molecule has 0 heterocycles. The van der Waals surface area contributed by atoms with Crippen LogP contribution >= 0.6 is 0 Å². The summed E-state index contributed by atoms with van der Waals surface area (Å²) in [4.78, 5) is 0. The Morgan fingerprint density at radius 3 is 2.14 bits per heavy atom. The summed E-state index contributed by atoms with van der Waals surface area (Å²) < 4.78 is 0. The molecule has 0 unspecified atom stereocenters. The van der Waals surface area contributed by atoms with Crippen LogP contribution in [0.15, 0.2) is 78.9 Å². The molecular formula is C21H19N. The highest BCUT2D eigenvalue weighted by Gasteiger charge is 2.10. The Hall–Kier alpha value is -2.67. The van der Waals surface area contributed by atoms with Gasteiger partial charge in [-0.15, -0.1) is 0 Å². The molecule has 0 aliphatic rings. The standard InChI is InChI=1S/C21H19N/c1-16-11-13-18(14-12-16)21(22)20-10-6-5-9-19(20)15-17-7-3-2-4-8-17/h2-14,22H,15H2,1H3. The lowest BCUT2D eigenvalue weighted by Gasteiger charge is -2.11. The van der Waals surface area contributed by atoms with E-state index in [9.17, 15) is 0 Å². The van der Waals surface area contributed by atoms with Crippen molar-refractivity contribution in [2.45, 2.75) is 13.3 Å². The van der Waals surface area contributed by atoms with Gasteiger partial charge in [0.05, 0.1) is 5.71 Å². The van der Waals surface area contributed by atoms with Gasteiger partial charge in [-0.3, -0.25) is 5.41 Å². The van der Waals surface area contributed by atoms with E-state index in [1.54, 1.807) is 0 Å². The molecule has 0 aliphatic heterocycles. The third kappa shape index (κ3) is 3.15. The van der Waals surface area contributed by atoms with E-state index < -0.39 is 0 Å². The fourth-order valence-corrected chi connectivity index (χ4v) is 2.61. The van der Waals surface area contributed by atoms with E-state index >= 15 is 0 Å². The molecule has 0 radical (unpaired) electrons. The zero-order valence-corrected chi connectivity index (χ0v) is 12.7. The van der Waals surface area contributed by atoms with Gasteiger partial charge in [0.15, 0.2) is 0 Å². The zero-order chi connectivity index (χ0) is 15.4. The summed E-state index contributed by atoms with van der Waals surface area (Å²) >= 11 is 0. The summed E-state index contributed by atoms with van der Waals surface area (Å²) in [5.74, 6) is 0. The number of rotatable bonds is 4. The molecule has 1 nitrogen and oxygen atoms in total. The molecule has 3 aromatic rings. The molecule has 0 aliphatic carbocycles. The van der Waals surface area contributed by atoms with Crippen LogP contribution in [0, 0.1) is 12.3 Å². The second-order valence-electron chi connectivity index (χ2n) is 5.56. The molecule has 22 heavy (non-hydrogen) atoms. The third-order valence-corrected chi connectivity index (χ3v) is 3.86. The summed E-state index contributed by atoms with van der Waals surface area (Å²) in [5.41, 5.74) is 6.24. The third-order valence-electron chi connectivity index (χ3n) is 3.86. The van der Waals surface area contributed by atoms with Crippen molar-refractivity contribution >= 4 is 5.71 Å². The van der Waals surface area contributed by atoms with E-state index in [0.717, 1.165) is 17.5 Å². The fraction of sp³-hybridized carbons (Fsp3) is 0.0952. The highest BCUT2D eigenvalue weighted by molar-refractivity contribution is 6.11. The van der Waals surface area contributed by atoms with Gasteiger partial charge in [-0.2, -0.15) is 0 Å². The second-order valence-corrected chi connectivity index (χ2v) is 5.56. The molecule has 1 heteroatoms. The number of nitrogens with one attached hydrogen (secondary N) is 1. The molecule has 1 N–H and O–H groups in total. The Balaban J connectivity index is 1.94. The molecule has 108 valence electrons. The Morgan fingerprint density at radius 2 is 1.41 bits per heavy atom. The topological polar surface area (TPSA) is 23.9 Å². The first-order chi connectivity index (χ1) is 10.7. The molecule has 3 rings (SSSR count). The van der Waals surface area contributed by atoms with Crippen LogP contribution in [0.3, 0.4) is 0 Å². The molecule has 0 aromatic heterocycles. The van der Waals surface area contributed by atoms with E-state index in [0.29, 0.717) is 5.71 Å². The SMILES string of the molecule is Cc1ccc(C(=N)c2ccccc2Cc2ccccc2)cc1. The average Bonchev–Trinajstić information content (AvgIpc) is 2.56. The van der Waals surface area contributed by atoms with Crippen molar-refractivity contribution < 1.29 is 0 Å². The van der Waals surface area contributed by atoms with E-state index in [1.807, 2.05) is 36.4 Å². The first-order valence-corrected chi connectivity index (χ1v) is 7.52. The maximum absolute atomic E-state index is 8.55. The maximum Gasteiger partial charge on any atom is 0.0687 e. The van der Waals surface area contributed by atoms with E-state index in [4.69, 9.17) is 5.41 Å². The normalized spacial score (nSPS) is 10.4. The molecule has 0 saturated heterocycles. The lowest BCUT2D eigenvalue weighted by molar-refractivity contribution is 1.18. The Labute approximate surface area is 131 Å². The van der Waals surface area contributed by atoms with E-state index in [2.05, 4.69) is 49.4 Å². The smallest absolute Gasteiger partial charge is 0.0687 e. The number of benzene rings is 3. The Morgan fingerprint density at radius 1 is 0.773 bits per heavy atom. The van der Waals surface area contributed by atoms with Crippen molar-refractivity contribution in [1.29, 1.82) is 5.41 Å². The predicted molar refractivity (Wildman–Crippen MR) is 92.8 cm³/mol. The van der Waals surface area contributed by atoms with Crippen LogP contribution in [0.2, 0.25) is 0 Å². The number of hydrogen-bond acceptors (Lipinski definition) is 1. The maximum atomic E-state index is 8.55. The largest absolute Gasteiger partial charge is 0.300 e. The van der Waals surface area contributed by atoms with Crippen molar-refractivity contribution in [2.24, 2.45) is 0 Å². The first-order valence-electron chi connectivity index (χ1n) is 7.52. The molecule has 0 spiro atoms. The van der Waals surface area contributed by atoms with Crippen LogP contribution in [-0.4, -0.2) is 5.71 Å². The van der Waals surface area contributed by atoms with Crippen molar-refractivity contribution in [2.75, 3.05) is 0 Å². The van der Waals surface area contributed by atoms with Crippen molar-refractivity contribution in [3.8, 4) is 0 Å². The minimum absolute atomic E-state index is 0.589. The van der Waals surface area contributed by atoms with Crippen molar-refractivity contribution in [3.63, 3.8) is 0 Å². The van der Waals surface area contributed by atoms with Gasteiger partial charge in [0.25, 0.3) is 0 Å². The molecule has 0 bridgehead atoms. The van der Waals surface area contributed by atoms with E-state index in [1.165, 1.54) is 16.7 Å². The lowest BCUT2D eigenvalue weighted by Crippen LogP contribution is -2.06. The molecule has 0 atom stereocenters. The van der Waals surface area contributed by atoms with Gasteiger partial charge >= 0.3 is 0 Å². The minimum atomic E-state index is 0.589. The summed E-state index contributed by atoms with van der Waals surface area (Å²) in [6, 6.07) is 26.8. The summed E-state index contributed by atoms with van der Waals surface area (Å²) in [6.07, 6.45) is 0.852. The Bertz CT molecular complexity index is 771. The highest BCUT2D eigenvalue weighted by atomic mass is 14.4. The molecular weight excluding hydrogens is 266 g/mol. The summed E-state index contributed by atoms with van der Waals surface area (Å²) in [6.45, 7) is 2.07. The average molecular weight is 285 g/mol. The minimum Gasteiger partial charge on any atom is -0.300 e. The lowest BCUT2D eigenvalue weighted by atomic mass is 9.93. The van der Waals surface area contributed by atoms with E-state index in [-0.39, 0.29) is 0 Å². The zero-order valence-electron chi connectivity index (χ0n) is 12.7. The first kappa shape index (κ1) is 14.3. The second kappa shape index (κ2) is 6.40. The van der Waals surface area contributed by atoms with Gasteiger partial charge < -0.3 is 0 Å². The van der Waals surface area contributed by atoms with Gasteiger partial charge in [-0.1, -0.05) is 84.4 Å². The predicted octanol–water partition coefficient (Wildman–Crippen LogP) is 5.00. The molecule has 3 aromatic carbocycles.